The fourth-order valence-electron chi connectivity index (χ4n) is 2.33. The van der Waals surface area contributed by atoms with Gasteiger partial charge in [-0.3, -0.25) is 9.98 Å². The van der Waals surface area contributed by atoms with Crippen LogP contribution in [-0.2, 0) is 13.0 Å². The second-order valence-electron chi connectivity index (χ2n) is 5.44. The molecule has 0 bridgehead atoms. The fraction of sp³-hybridized carbons (Fsp3) is 0.278. The van der Waals surface area contributed by atoms with Crippen LogP contribution in [0.3, 0.4) is 0 Å². The molecule has 0 fully saturated rings. The van der Waals surface area contributed by atoms with Gasteiger partial charge in [0.15, 0.2) is 5.96 Å². The molecule has 7 heteroatoms. The van der Waals surface area contributed by atoms with Gasteiger partial charge in [-0.1, -0.05) is 6.07 Å². The minimum absolute atomic E-state index is 0.660. The third-order valence-corrected chi connectivity index (χ3v) is 5.52. The summed E-state index contributed by atoms with van der Waals surface area (Å²) in [6.07, 6.45) is 2.75. The molecule has 3 rings (SSSR count). The van der Waals surface area contributed by atoms with Crippen molar-refractivity contribution in [1.29, 1.82) is 0 Å². The number of hydrogen-bond acceptors (Lipinski definition) is 5. The monoisotopic (exact) mass is 371 g/mol. The number of nitrogens with zero attached hydrogens (tertiary/aromatic N) is 3. The molecule has 0 aliphatic heterocycles. The van der Waals surface area contributed by atoms with E-state index in [0.717, 1.165) is 35.3 Å². The number of pyridine rings is 1. The van der Waals surface area contributed by atoms with Gasteiger partial charge in [0, 0.05) is 30.0 Å². The van der Waals surface area contributed by atoms with Crippen molar-refractivity contribution in [2.45, 2.75) is 19.9 Å². The van der Waals surface area contributed by atoms with Gasteiger partial charge in [-0.05, 0) is 37.6 Å². The average Bonchev–Trinajstić information content (AvgIpc) is 3.27. The molecule has 0 unspecified atom stereocenters. The van der Waals surface area contributed by atoms with Crippen LogP contribution in [0.4, 0.5) is 0 Å². The molecule has 3 aromatic heterocycles. The summed E-state index contributed by atoms with van der Waals surface area (Å²) < 4.78 is 0. The van der Waals surface area contributed by atoms with Crippen LogP contribution in [0, 0.1) is 6.92 Å². The quantitative estimate of drug-likeness (QED) is 0.514. The van der Waals surface area contributed by atoms with Crippen molar-refractivity contribution < 1.29 is 0 Å². The Kier molecular flexibility index (Phi) is 6.14. The lowest BCUT2D eigenvalue weighted by Gasteiger charge is -2.11. The van der Waals surface area contributed by atoms with Crippen molar-refractivity contribution in [3.05, 3.63) is 57.5 Å². The topological polar surface area (TPSA) is 62.2 Å². The molecular formula is C18H21N5S2. The molecule has 0 amide bonds. The van der Waals surface area contributed by atoms with E-state index in [4.69, 9.17) is 0 Å². The van der Waals surface area contributed by atoms with Crippen LogP contribution in [0.25, 0.3) is 10.6 Å². The highest BCUT2D eigenvalue weighted by molar-refractivity contribution is 7.16. The zero-order chi connectivity index (χ0) is 17.5. The maximum Gasteiger partial charge on any atom is 0.191 e. The Hall–Kier alpha value is -2.25. The van der Waals surface area contributed by atoms with Gasteiger partial charge in [-0.15, -0.1) is 22.7 Å². The summed E-state index contributed by atoms with van der Waals surface area (Å²) in [4.78, 5) is 15.7. The number of aryl methyl sites for hydroxylation is 1. The Morgan fingerprint density at radius 3 is 2.84 bits per heavy atom. The van der Waals surface area contributed by atoms with Gasteiger partial charge < -0.3 is 10.6 Å². The van der Waals surface area contributed by atoms with Gasteiger partial charge in [-0.2, -0.15) is 0 Å². The lowest BCUT2D eigenvalue weighted by atomic mass is 10.3. The minimum Gasteiger partial charge on any atom is -0.356 e. The van der Waals surface area contributed by atoms with Gasteiger partial charge in [-0.25, -0.2) is 4.98 Å². The highest BCUT2D eigenvalue weighted by atomic mass is 32.1. The molecule has 0 aromatic carbocycles. The minimum atomic E-state index is 0.660. The molecule has 0 aliphatic carbocycles. The third kappa shape index (κ3) is 5.11. The first-order valence-corrected chi connectivity index (χ1v) is 9.80. The van der Waals surface area contributed by atoms with E-state index in [1.165, 1.54) is 9.75 Å². The molecule has 25 heavy (non-hydrogen) atoms. The summed E-state index contributed by atoms with van der Waals surface area (Å²) in [5.74, 6) is 0.789. The number of guanidine groups is 1. The van der Waals surface area contributed by atoms with Crippen molar-refractivity contribution in [2.75, 3.05) is 13.6 Å². The van der Waals surface area contributed by atoms with Gasteiger partial charge in [0.2, 0.25) is 0 Å². The lowest BCUT2D eigenvalue weighted by molar-refractivity contribution is 0.787. The summed E-state index contributed by atoms with van der Waals surface area (Å²) in [6, 6.07) is 10.2. The fourth-order valence-corrected chi connectivity index (χ4v) is 3.98. The average molecular weight is 372 g/mol. The SMILES string of the molecule is CN=C(NCCc1ccc(-c2csc(C)n2)s1)NCc1ccccn1. The summed E-state index contributed by atoms with van der Waals surface area (Å²) in [5, 5.41) is 9.85. The molecule has 0 spiro atoms. The van der Waals surface area contributed by atoms with Crippen LogP contribution in [0.2, 0.25) is 0 Å². The Balaban J connectivity index is 1.46. The van der Waals surface area contributed by atoms with Crippen LogP contribution < -0.4 is 10.6 Å². The van der Waals surface area contributed by atoms with E-state index in [1.54, 1.807) is 35.9 Å². The van der Waals surface area contributed by atoms with Crippen LogP contribution in [0.1, 0.15) is 15.6 Å². The van der Waals surface area contributed by atoms with E-state index in [0.29, 0.717) is 6.54 Å². The van der Waals surface area contributed by atoms with Gasteiger partial charge >= 0.3 is 0 Å². The number of thiophene rings is 1. The predicted molar refractivity (Wildman–Crippen MR) is 106 cm³/mol. The molecule has 2 N–H and O–H groups in total. The normalized spacial score (nSPS) is 11.5. The van der Waals surface area contributed by atoms with Crippen molar-refractivity contribution in [3.63, 3.8) is 0 Å². The largest absolute Gasteiger partial charge is 0.356 e. The van der Waals surface area contributed by atoms with E-state index < -0.39 is 0 Å². The Labute approximate surface area is 155 Å². The highest BCUT2D eigenvalue weighted by Gasteiger charge is 2.06. The first-order chi connectivity index (χ1) is 12.2. The molecule has 5 nitrogen and oxygen atoms in total. The van der Waals surface area contributed by atoms with Gasteiger partial charge in [0.05, 0.1) is 27.8 Å². The number of thiazole rings is 1. The van der Waals surface area contributed by atoms with E-state index >= 15 is 0 Å². The molecule has 130 valence electrons. The third-order valence-electron chi connectivity index (χ3n) is 3.58. The van der Waals surface area contributed by atoms with E-state index in [-0.39, 0.29) is 0 Å². The van der Waals surface area contributed by atoms with Gasteiger partial charge in [0.1, 0.15) is 0 Å². The maximum atomic E-state index is 4.55. The zero-order valence-corrected chi connectivity index (χ0v) is 16.0. The van der Waals surface area contributed by atoms with Crippen molar-refractivity contribution in [2.24, 2.45) is 4.99 Å². The second kappa shape index (κ2) is 8.73. The van der Waals surface area contributed by atoms with E-state index in [2.05, 4.69) is 43.1 Å². The van der Waals surface area contributed by atoms with Crippen molar-refractivity contribution >= 4 is 28.6 Å². The standard InChI is InChI=1S/C18H21N5S2/c1-13-23-16(12-24-13)17-7-6-15(25-17)8-10-21-18(19-2)22-11-14-5-3-4-9-20-14/h3-7,9,12H,8,10-11H2,1-2H3,(H2,19,21,22). The molecule has 3 heterocycles. The molecule has 0 atom stereocenters. The maximum absolute atomic E-state index is 4.55. The Morgan fingerprint density at radius 1 is 1.20 bits per heavy atom. The molecule has 0 saturated heterocycles. The Morgan fingerprint density at radius 2 is 2.12 bits per heavy atom. The smallest absolute Gasteiger partial charge is 0.191 e. The molecular weight excluding hydrogens is 350 g/mol. The molecule has 3 aromatic rings. The van der Waals surface area contributed by atoms with E-state index in [1.807, 2.05) is 25.1 Å². The highest BCUT2D eigenvalue weighted by Crippen LogP contribution is 2.29. The van der Waals surface area contributed by atoms with Crippen LogP contribution >= 0.6 is 22.7 Å². The summed E-state index contributed by atoms with van der Waals surface area (Å²) in [6.45, 7) is 3.53. The van der Waals surface area contributed by atoms with Gasteiger partial charge in [0.25, 0.3) is 0 Å². The van der Waals surface area contributed by atoms with E-state index in [9.17, 15) is 0 Å². The summed E-state index contributed by atoms with van der Waals surface area (Å²) in [5.41, 5.74) is 2.08. The summed E-state index contributed by atoms with van der Waals surface area (Å²) in [7, 11) is 1.78. The summed E-state index contributed by atoms with van der Waals surface area (Å²) >= 11 is 3.49. The number of aliphatic imine (C=N–C) groups is 1. The first kappa shape index (κ1) is 17.6. The Bertz CT molecular complexity index is 823. The second-order valence-corrected chi connectivity index (χ2v) is 7.67. The zero-order valence-electron chi connectivity index (χ0n) is 14.3. The number of aromatic nitrogens is 2. The molecule has 0 radical (unpaired) electrons. The molecule has 0 aliphatic rings. The number of rotatable bonds is 6. The number of nitrogens with one attached hydrogen (secondary N) is 2. The number of hydrogen-bond donors (Lipinski definition) is 2. The van der Waals surface area contributed by atoms with Crippen molar-refractivity contribution in [3.8, 4) is 10.6 Å². The van der Waals surface area contributed by atoms with Crippen LogP contribution in [0.15, 0.2) is 46.9 Å². The van der Waals surface area contributed by atoms with Crippen molar-refractivity contribution in [1.82, 2.24) is 20.6 Å². The first-order valence-electron chi connectivity index (χ1n) is 8.10. The molecule has 0 saturated carbocycles. The van der Waals surface area contributed by atoms with Crippen LogP contribution in [-0.4, -0.2) is 29.5 Å². The predicted octanol–water partition coefficient (Wildman–Crippen LogP) is 3.48. The van der Waals surface area contributed by atoms with Crippen LogP contribution in [0.5, 0.6) is 0 Å². The lowest BCUT2D eigenvalue weighted by Crippen LogP contribution is -2.37.